The molecule has 2 atom stereocenters. The fourth-order valence-corrected chi connectivity index (χ4v) is 4.82. The fraction of sp³-hybridized carbons (Fsp3) is 0.138. The molecular weight excluding hydrogens is 490 g/mol. The summed E-state index contributed by atoms with van der Waals surface area (Å²) in [6.07, 6.45) is 0.144. The lowest BCUT2D eigenvalue weighted by molar-refractivity contribution is -0.385. The van der Waals surface area contributed by atoms with Crippen LogP contribution < -0.4 is 9.47 Å². The SMILES string of the molecule is O=[N+]([O-])c1ccc2c(c1)C1CC(c3ccccc3)=NN1C(c1ccc(OCc3ccc(Cl)cc3)cc1)O2. The molecular formula is C29H22ClN3O4. The van der Waals surface area contributed by atoms with Gasteiger partial charge in [0.15, 0.2) is 0 Å². The summed E-state index contributed by atoms with van der Waals surface area (Å²) in [5.74, 6) is 1.36. The van der Waals surface area contributed by atoms with E-state index in [4.69, 9.17) is 26.2 Å². The molecule has 8 heteroatoms. The number of halogens is 1. The molecule has 0 bridgehead atoms. The molecule has 0 fully saturated rings. The molecule has 0 saturated carbocycles. The van der Waals surface area contributed by atoms with Crippen LogP contribution in [-0.4, -0.2) is 15.6 Å². The van der Waals surface area contributed by atoms with Gasteiger partial charge in [-0.3, -0.25) is 10.1 Å². The van der Waals surface area contributed by atoms with Crippen molar-refractivity contribution in [2.24, 2.45) is 5.10 Å². The van der Waals surface area contributed by atoms with Crippen LogP contribution >= 0.6 is 11.6 Å². The van der Waals surface area contributed by atoms with Gasteiger partial charge < -0.3 is 9.47 Å². The van der Waals surface area contributed by atoms with E-state index in [9.17, 15) is 10.1 Å². The van der Waals surface area contributed by atoms with Gasteiger partial charge in [0.1, 0.15) is 18.1 Å². The Hall–Kier alpha value is -4.36. The molecule has 0 amide bonds. The molecule has 4 aromatic carbocycles. The average molecular weight is 512 g/mol. The van der Waals surface area contributed by atoms with E-state index >= 15 is 0 Å². The van der Waals surface area contributed by atoms with Crippen LogP contribution in [0.25, 0.3) is 0 Å². The molecule has 7 nitrogen and oxygen atoms in total. The van der Waals surface area contributed by atoms with Crippen LogP contribution in [0.2, 0.25) is 5.02 Å². The molecule has 0 aliphatic carbocycles. The zero-order valence-electron chi connectivity index (χ0n) is 19.7. The molecule has 0 spiro atoms. The third-order valence-corrected chi connectivity index (χ3v) is 6.83. The maximum Gasteiger partial charge on any atom is 0.270 e. The minimum absolute atomic E-state index is 0.0381. The number of hydrogen-bond acceptors (Lipinski definition) is 6. The second kappa shape index (κ2) is 9.59. The van der Waals surface area contributed by atoms with E-state index in [0.29, 0.717) is 23.8 Å². The fourth-order valence-electron chi connectivity index (χ4n) is 4.69. The summed E-state index contributed by atoms with van der Waals surface area (Å²) >= 11 is 5.96. The van der Waals surface area contributed by atoms with E-state index in [2.05, 4.69) is 0 Å². The smallest absolute Gasteiger partial charge is 0.270 e. The molecule has 2 aliphatic rings. The number of benzene rings is 4. The van der Waals surface area contributed by atoms with Gasteiger partial charge in [-0.2, -0.15) is 5.10 Å². The first-order valence-corrected chi connectivity index (χ1v) is 12.3. The Kier molecular flexibility index (Phi) is 5.98. The van der Waals surface area contributed by atoms with Crippen LogP contribution in [-0.2, 0) is 6.61 Å². The highest BCUT2D eigenvalue weighted by molar-refractivity contribution is 6.30. The van der Waals surface area contributed by atoms with Crippen molar-refractivity contribution in [1.29, 1.82) is 0 Å². The van der Waals surface area contributed by atoms with E-state index in [-0.39, 0.29) is 16.7 Å². The van der Waals surface area contributed by atoms with Crippen LogP contribution in [0, 0.1) is 10.1 Å². The van der Waals surface area contributed by atoms with Crippen molar-refractivity contribution in [3.05, 3.63) is 134 Å². The highest BCUT2D eigenvalue weighted by atomic mass is 35.5. The second-order valence-electron chi connectivity index (χ2n) is 8.95. The standard InChI is InChI=1S/C29H22ClN3O4/c30-22-10-6-19(7-11-22)18-36-24-13-8-21(9-14-24)29-32-27(17-26(31-32)20-4-2-1-3-5-20)25-16-23(33(34)35)12-15-28(25)37-29/h1-16,27,29H,17-18H2. The minimum Gasteiger partial charge on any atom is -0.489 e. The van der Waals surface area contributed by atoms with Crippen LogP contribution in [0.3, 0.4) is 0 Å². The van der Waals surface area contributed by atoms with E-state index < -0.39 is 6.23 Å². The quantitative estimate of drug-likeness (QED) is 0.204. The van der Waals surface area contributed by atoms with E-state index in [1.165, 1.54) is 6.07 Å². The Morgan fingerprint density at radius 2 is 1.76 bits per heavy atom. The molecule has 4 aromatic rings. The lowest BCUT2D eigenvalue weighted by atomic mass is 9.95. The highest BCUT2D eigenvalue weighted by Gasteiger charge is 2.41. The lowest BCUT2D eigenvalue weighted by Crippen LogP contribution is -2.33. The Balaban J connectivity index is 1.29. The first-order chi connectivity index (χ1) is 18.0. The number of ether oxygens (including phenoxy) is 2. The van der Waals surface area contributed by atoms with Gasteiger partial charge in [0.05, 0.1) is 16.7 Å². The summed E-state index contributed by atoms with van der Waals surface area (Å²) in [5, 5.41) is 19.0. The van der Waals surface area contributed by atoms with Crippen molar-refractivity contribution in [1.82, 2.24) is 5.01 Å². The summed E-state index contributed by atoms with van der Waals surface area (Å²) < 4.78 is 12.3. The molecule has 184 valence electrons. The van der Waals surface area contributed by atoms with Crippen molar-refractivity contribution in [2.75, 3.05) is 0 Å². The molecule has 0 radical (unpaired) electrons. The molecule has 2 heterocycles. The monoisotopic (exact) mass is 511 g/mol. The third kappa shape index (κ3) is 4.61. The lowest BCUT2D eigenvalue weighted by Gasteiger charge is -2.38. The summed E-state index contributed by atoms with van der Waals surface area (Å²) in [5.41, 5.74) is 4.68. The Morgan fingerprint density at radius 1 is 1.00 bits per heavy atom. The van der Waals surface area contributed by atoms with Gasteiger partial charge in [-0.15, -0.1) is 0 Å². The second-order valence-corrected chi connectivity index (χ2v) is 9.38. The number of nitro benzene ring substituents is 1. The number of rotatable bonds is 6. The van der Waals surface area contributed by atoms with Gasteiger partial charge >= 0.3 is 0 Å². The van der Waals surface area contributed by atoms with Crippen LogP contribution in [0.1, 0.15) is 40.9 Å². The zero-order valence-corrected chi connectivity index (χ0v) is 20.4. The molecule has 0 saturated heterocycles. The minimum atomic E-state index is -0.481. The Bertz CT molecular complexity index is 1470. The van der Waals surface area contributed by atoms with Crippen LogP contribution in [0.5, 0.6) is 11.5 Å². The first-order valence-electron chi connectivity index (χ1n) is 11.9. The maximum atomic E-state index is 11.4. The maximum absolute atomic E-state index is 11.4. The predicted octanol–water partition coefficient (Wildman–Crippen LogP) is 7.07. The normalized spacial score (nSPS) is 17.9. The number of nitro groups is 1. The van der Waals surface area contributed by atoms with E-state index in [1.807, 2.05) is 83.9 Å². The van der Waals surface area contributed by atoms with E-state index in [1.54, 1.807) is 12.1 Å². The van der Waals surface area contributed by atoms with Crippen molar-refractivity contribution in [3.63, 3.8) is 0 Å². The van der Waals surface area contributed by atoms with Gasteiger partial charge in [0, 0.05) is 34.7 Å². The van der Waals surface area contributed by atoms with Crippen LogP contribution in [0.4, 0.5) is 5.69 Å². The van der Waals surface area contributed by atoms with Crippen molar-refractivity contribution in [2.45, 2.75) is 25.3 Å². The molecule has 37 heavy (non-hydrogen) atoms. The van der Waals surface area contributed by atoms with Gasteiger partial charge in [0.25, 0.3) is 5.69 Å². The van der Waals surface area contributed by atoms with Gasteiger partial charge in [0.2, 0.25) is 6.23 Å². The van der Waals surface area contributed by atoms with E-state index in [0.717, 1.165) is 33.7 Å². The van der Waals surface area contributed by atoms with Gasteiger partial charge in [-0.05, 0) is 53.6 Å². The van der Waals surface area contributed by atoms with Gasteiger partial charge in [-0.25, -0.2) is 5.01 Å². The Labute approximate surface area is 218 Å². The summed E-state index contributed by atoms with van der Waals surface area (Å²) in [4.78, 5) is 11.1. The van der Waals surface area contributed by atoms with Gasteiger partial charge in [-0.1, -0.05) is 54.1 Å². The number of hydrazone groups is 1. The number of hydrogen-bond donors (Lipinski definition) is 0. The summed E-state index contributed by atoms with van der Waals surface area (Å²) in [6, 6.07) is 29.8. The number of non-ortho nitro benzene ring substituents is 1. The summed E-state index contributed by atoms with van der Waals surface area (Å²) in [6.45, 7) is 0.432. The Morgan fingerprint density at radius 3 is 2.49 bits per heavy atom. The largest absolute Gasteiger partial charge is 0.489 e. The number of fused-ring (bicyclic) bond motifs is 3. The van der Waals surface area contributed by atoms with Crippen LogP contribution in [0.15, 0.2) is 102 Å². The molecule has 2 aliphatic heterocycles. The zero-order chi connectivity index (χ0) is 25.4. The molecule has 6 rings (SSSR count). The first kappa shape index (κ1) is 23.1. The topological polar surface area (TPSA) is 77.2 Å². The summed E-state index contributed by atoms with van der Waals surface area (Å²) in [7, 11) is 0. The molecule has 2 unspecified atom stereocenters. The van der Waals surface area contributed by atoms with Crippen molar-refractivity contribution < 1.29 is 14.4 Å². The third-order valence-electron chi connectivity index (χ3n) is 6.58. The molecule has 0 N–H and O–H groups in total. The number of nitrogens with zero attached hydrogens (tertiary/aromatic N) is 3. The predicted molar refractivity (Wildman–Crippen MR) is 141 cm³/mol. The molecule has 0 aromatic heterocycles. The highest BCUT2D eigenvalue weighted by Crippen LogP contribution is 2.48. The van der Waals surface area contributed by atoms with Crippen molar-refractivity contribution >= 4 is 23.0 Å². The van der Waals surface area contributed by atoms with Crippen molar-refractivity contribution in [3.8, 4) is 11.5 Å². The average Bonchev–Trinajstić information content (AvgIpc) is 3.39.